The fourth-order valence-electron chi connectivity index (χ4n) is 4.61. The van der Waals surface area contributed by atoms with Crippen molar-refractivity contribution in [2.45, 2.75) is 11.5 Å². The van der Waals surface area contributed by atoms with Crippen LogP contribution in [0, 0.1) is 5.92 Å². The minimum atomic E-state index is 0.261. The second-order valence-corrected chi connectivity index (χ2v) is 6.08. The molecule has 0 aromatic carbocycles. The Morgan fingerprint density at radius 2 is 1.89 bits per heavy atom. The summed E-state index contributed by atoms with van der Waals surface area (Å²) in [6, 6.07) is 5.02. The molecule has 1 aromatic heterocycles. The zero-order valence-electron chi connectivity index (χ0n) is 10.8. The molecule has 4 nitrogen and oxygen atoms in total. The highest BCUT2D eigenvalue weighted by molar-refractivity contribution is 5.32. The second kappa shape index (κ2) is 3.76. The molecule has 1 N–H and O–H groups in total. The van der Waals surface area contributed by atoms with Gasteiger partial charge in [0.2, 0.25) is 0 Å². The van der Waals surface area contributed by atoms with Gasteiger partial charge in [0.1, 0.15) is 0 Å². The molecule has 5 rings (SSSR count). The number of aromatic nitrogens is 1. The van der Waals surface area contributed by atoms with Crippen molar-refractivity contribution in [2.24, 2.45) is 5.92 Å². The van der Waals surface area contributed by atoms with E-state index in [1.165, 1.54) is 38.4 Å². The van der Waals surface area contributed by atoms with Crippen LogP contribution in [0.15, 0.2) is 24.5 Å². The summed E-state index contributed by atoms with van der Waals surface area (Å²) in [5, 5.41) is 3.61. The van der Waals surface area contributed by atoms with Gasteiger partial charge in [0.05, 0.1) is 6.67 Å². The largest absolute Gasteiger partial charge is 0.316 e. The molecular formula is C14H20N4. The van der Waals surface area contributed by atoms with Gasteiger partial charge in [-0.2, -0.15) is 0 Å². The van der Waals surface area contributed by atoms with Crippen LogP contribution >= 0.6 is 0 Å². The van der Waals surface area contributed by atoms with Crippen molar-refractivity contribution in [3.63, 3.8) is 0 Å². The van der Waals surface area contributed by atoms with Crippen LogP contribution in [-0.2, 0) is 5.41 Å². The fourth-order valence-corrected chi connectivity index (χ4v) is 4.61. The predicted molar refractivity (Wildman–Crippen MR) is 70.3 cm³/mol. The number of pyridine rings is 1. The van der Waals surface area contributed by atoms with Gasteiger partial charge in [0.25, 0.3) is 0 Å². The number of nitrogens with zero attached hydrogens (tertiary/aromatic N) is 3. The fraction of sp³-hybridized carbons (Fsp3) is 0.643. The highest BCUT2D eigenvalue weighted by Gasteiger charge is 2.56. The van der Waals surface area contributed by atoms with Crippen molar-refractivity contribution >= 4 is 0 Å². The Hall–Kier alpha value is -0.970. The molecule has 4 fully saturated rings. The Balaban J connectivity index is 1.81. The topological polar surface area (TPSA) is 31.4 Å². The molecule has 4 saturated heterocycles. The molecule has 96 valence electrons. The monoisotopic (exact) mass is 244 g/mol. The van der Waals surface area contributed by atoms with Gasteiger partial charge in [-0.3, -0.25) is 14.8 Å². The maximum absolute atomic E-state index is 4.18. The highest BCUT2D eigenvalue weighted by Crippen LogP contribution is 2.44. The summed E-state index contributed by atoms with van der Waals surface area (Å²) in [7, 11) is 2.13. The molecule has 0 amide bonds. The van der Waals surface area contributed by atoms with Gasteiger partial charge >= 0.3 is 0 Å². The highest BCUT2D eigenvalue weighted by atomic mass is 15.4. The second-order valence-electron chi connectivity index (χ2n) is 6.08. The van der Waals surface area contributed by atoms with E-state index in [1.54, 1.807) is 0 Å². The Labute approximate surface area is 108 Å². The third-order valence-electron chi connectivity index (χ3n) is 5.03. The summed E-state index contributed by atoms with van der Waals surface area (Å²) in [6.45, 7) is 6.06. The molecule has 5 heterocycles. The Morgan fingerprint density at radius 3 is 2.50 bits per heavy atom. The number of hydrogen-bond donors (Lipinski definition) is 1. The van der Waals surface area contributed by atoms with Crippen molar-refractivity contribution in [1.29, 1.82) is 0 Å². The van der Waals surface area contributed by atoms with Crippen molar-refractivity contribution in [3.8, 4) is 0 Å². The summed E-state index contributed by atoms with van der Waals surface area (Å²) in [5.74, 6) is 0.763. The molecule has 4 bridgehead atoms. The SMILES string of the molecule is CNC1C2CN3CN(C2)CC1(c1ccncc1)C3. The molecule has 0 radical (unpaired) electrons. The Bertz CT molecular complexity index is 432. The first kappa shape index (κ1) is 10.9. The summed E-state index contributed by atoms with van der Waals surface area (Å²) in [6.07, 6.45) is 3.87. The molecule has 4 aliphatic heterocycles. The molecule has 3 unspecified atom stereocenters. The van der Waals surface area contributed by atoms with Crippen molar-refractivity contribution < 1.29 is 0 Å². The van der Waals surface area contributed by atoms with Crippen LogP contribution < -0.4 is 5.32 Å². The first-order valence-corrected chi connectivity index (χ1v) is 6.84. The quantitative estimate of drug-likeness (QED) is 0.801. The van der Waals surface area contributed by atoms with E-state index in [2.05, 4.69) is 39.3 Å². The van der Waals surface area contributed by atoms with Crippen LogP contribution in [-0.4, -0.2) is 60.7 Å². The standard InChI is InChI=1S/C14H20N4/c1-15-13-11-6-17-8-14(13,9-18(7-11)10-17)12-2-4-16-5-3-12/h2-5,11,13,15H,6-10H2,1H3. The van der Waals surface area contributed by atoms with E-state index in [-0.39, 0.29) is 5.41 Å². The lowest BCUT2D eigenvalue weighted by Gasteiger charge is -2.63. The molecule has 0 saturated carbocycles. The van der Waals surface area contributed by atoms with Crippen LogP contribution in [0.25, 0.3) is 0 Å². The first-order chi connectivity index (χ1) is 8.82. The van der Waals surface area contributed by atoms with Gasteiger partial charge in [-0.05, 0) is 24.7 Å². The summed E-state index contributed by atoms with van der Waals surface area (Å²) in [4.78, 5) is 9.41. The van der Waals surface area contributed by atoms with E-state index in [1.807, 2.05) is 12.4 Å². The van der Waals surface area contributed by atoms with Gasteiger partial charge < -0.3 is 5.32 Å². The van der Waals surface area contributed by atoms with E-state index < -0.39 is 0 Å². The third kappa shape index (κ3) is 1.34. The average Bonchev–Trinajstić information content (AvgIpc) is 2.39. The lowest BCUT2D eigenvalue weighted by molar-refractivity contribution is -0.106. The molecule has 0 aliphatic carbocycles. The normalized spacial score (nSPS) is 45.4. The smallest absolute Gasteiger partial charge is 0.0507 e. The molecular weight excluding hydrogens is 224 g/mol. The van der Waals surface area contributed by atoms with E-state index in [0.29, 0.717) is 6.04 Å². The lowest BCUT2D eigenvalue weighted by atomic mass is 9.63. The van der Waals surface area contributed by atoms with Gasteiger partial charge in [-0.1, -0.05) is 0 Å². The zero-order valence-corrected chi connectivity index (χ0v) is 10.8. The van der Waals surface area contributed by atoms with Crippen molar-refractivity contribution in [2.75, 3.05) is 39.9 Å². The maximum atomic E-state index is 4.18. The minimum absolute atomic E-state index is 0.261. The molecule has 3 atom stereocenters. The van der Waals surface area contributed by atoms with Crippen molar-refractivity contribution in [1.82, 2.24) is 20.1 Å². The Morgan fingerprint density at radius 1 is 1.22 bits per heavy atom. The molecule has 4 heteroatoms. The average molecular weight is 244 g/mol. The number of hydrogen-bond acceptors (Lipinski definition) is 4. The number of piperidine rings is 2. The van der Waals surface area contributed by atoms with Crippen LogP contribution in [0.2, 0.25) is 0 Å². The molecule has 18 heavy (non-hydrogen) atoms. The van der Waals surface area contributed by atoms with Crippen molar-refractivity contribution in [3.05, 3.63) is 30.1 Å². The first-order valence-electron chi connectivity index (χ1n) is 6.84. The molecule has 4 aliphatic rings. The molecule has 1 aromatic rings. The van der Waals surface area contributed by atoms with E-state index in [0.717, 1.165) is 5.92 Å². The number of rotatable bonds is 2. The van der Waals surface area contributed by atoms with Crippen LogP contribution in [0.4, 0.5) is 0 Å². The van der Waals surface area contributed by atoms with Gasteiger partial charge in [-0.25, -0.2) is 0 Å². The summed E-state index contributed by atoms with van der Waals surface area (Å²) >= 11 is 0. The lowest BCUT2D eigenvalue weighted by Crippen LogP contribution is -2.77. The summed E-state index contributed by atoms with van der Waals surface area (Å²) < 4.78 is 0. The van der Waals surface area contributed by atoms with Crippen LogP contribution in [0.1, 0.15) is 5.56 Å². The maximum Gasteiger partial charge on any atom is 0.0507 e. The Kier molecular flexibility index (Phi) is 2.28. The predicted octanol–water partition coefficient (Wildman–Crippen LogP) is 0.126. The van der Waals surface area contributed by atoms with E-state index >= 15 is 0 Å². The third-order valence-corrected chi connectivity index (χ3v) is 5.03. The van der Waals surface area contributed by atoms with Gasteiger partial charge in [-0.15, -0.1) is 0 Å². The molecule has 0 spiro atoms. The number of likely N-dealkylation sites (N-methyl/N-ethyl adjacent to an activating group) is 1. The number of nitrogens with one attached hydrogen (secondary N) is 1. The van der Waals surface area contributed by atoms with E-state index in [9.17, 15) is 0 Å². The zero-order chi connectivity index (χ0) is 12.2. The van der Waals surface area contributed by atoms with Crippen LogP contribution in [0.5, 0.6) is 0 Å². The van der Waals surface area contributed by atoms with E-state index in [4.69, 9.17) is 0 Å². The van der Waals surface area contributed by atoms with Gasteiger partial charge in [0, 0.05) is 55.9 Å². The van der Waals surface area contributed by atoms with Gasteiger partial charge in [0.15, 0.2) is 0 Å². The minimum Gasteiger partial charge on any atom is -0.316 e. The summed E-state index contributed by atoms with van der Waals surface area (Å²) in [5.41, 5.74) is 1.72. The van der Waals surface area contributed by atoms with Crippen LogP contribution in [0.3, 0.4) is 0 Å².